The van der Waals surface area contributed by atoms with Gasteiger partial charge in [-0.2, -0.15) is 0 Å². The summed E-state index contributed by atoms with van der Waals surface area (Å²) >= 11 is 0. The Hall–Kier alpha value is -1.67. The Bertz CT molecular complexity index is 565. The smallest absolute Gasteiger partial charge is 0.214 e. The minimum absolute atomic E-state index is 0.295. The van der Waals surface area contributed by atoms with Crippen molar-refractivity contribution in [3.63, 3.8) is 0 Å². The molecule has 0 radical (unpaired) electrons. The monoisotopic (exact) mass is 322 g/mol. The molecule has 2 fully saturated rings. The van der Waals surface area contributed by atoms with E-state index in [1.807, 2.05) is 30.3 Å². The quantitative estimate of drug-likeness (QED) is 0.624. The highest BCUT2D eigenvalue weighted by molar-refractivity contribution is 5.15. The number of methoxy groups -OCH3 is 1. The Kier molecular flexibility index (Phi) is 5.12. The molecule has 6 atom stereocenters. The second-order valence-corrected chi connectivity index (χ2v) is 5.53. The number of hydrogen-bond donors (Lipinski definition) is 2. The maximum absolute atomic E-state index is 10.5. The minimum Gasteiger partial charge on any atom is -0.388 e. The second kappa shape index (κ2) is 7.27. The van der Waals surface area contributed by atoms with E-state index in [2.05, 4.69) is 10.0 Å². The van der Waals surface area contributed by atoms with Crippen molar-refractivity contribution in [3.8, 4) is 0 Å². The van der Waals surface area contributed by atoms with Gasteiger partial charge in [-0.1, -0.05) is 30.3 Å². The molecule has 0 aliphatic carbocycles. The SMILES string of the molecule is COC1OC2COC(Cc3ccccc3)O[C@H]2C(O)C1N=[N+]=N. The lowest BCUT2D eigenvalue weighted by Crippen LogP contribution is -2.62. The van der Waals surface area contributed by atoms with Gasteiger partial charge < -0.3 is 24.1 Å². The number of aliphatic hydroxyl groups excluding tert-OH is 1. The van der Waals surface area contributed by atoms with Gasteiger partial charge in [-0.15, -0.1) is 0 Å². The van der Waals surface area contributed by atoms with Crippen molar-refractivity contribution < 1.29 is 24.1 Å². The summed E-state index contributed by atoms with van der Waals surface area (Å²) in [5.74, 6) is 0. The van der Waals surface area contributed by atoms with Gasteiger partial charge in [0.2, 0.25) is 11.0 Å². The van der Waals surface area contributed by atoms with Crippen LogP contribution in [0.1, 0.15) is 5.56 Å². The van der Waals surface area contributed by atoms with Crippen molar-refractivity contribution in [1.29, 1.82) is 5.53 Å². The molecule has 124 valence electrons. The first-order chi connectivity index (χ1) is 11.2. The molecule has 0 amide bonds. The van der Waals surface area contributed by atoms with Gasteiger partial charge in [0.05, 0.1) is 6.61 Å². The van der Waals surface area contributed by atoms with Crippen LogP contribution in [0.4, 0.5) is 0 Å². The lowest BCUT2D eigenvalue weighted by Gasteiger charge is -2.44. The molecule has 2 heterocycles. The number of fused-ring (bicyclic) bond motifs is 1. The number of ether oxygens (including phenoxy) is 4. The fraction of sp³-hybridized carbons (Fsp3) is 0.600. The molecule has 3 rings (SSSR count). The van der Waals surface area contributed by atoms with Crippen LogP contribution in [0.5, 0.6) is 0 Å². The second-order valence-electron chi connectivity index (χ2n) is 5.53. The Balaban J connectivity index is 1.70. The molecule has 0 bridgehead atoms. The van der Waals surface area contributed by atoms with E-state index in [0.717, 1.165) is 5.56 Å². The van der Waals surface area contributed by atoms with E-state index < -0.39 is 36.9 Å². The van der Waals surface area contributed by atoms with E-state index in [4.69, 9.17) is 24.5 Å². The highest BCUT2D eigenvalue weighted by Crippen LogP contribution is 2.30. The summed E-state index contributed by atoms with van der Waals surface area (Å²) in [6.07, 6.45) is -2.69. The van der Waals surface area contributed by atoms with E-state index in [0.29, 0.717) is 13.0 Å². The highest BCUT2D eigenvalue weighted by Gasteiger charge is 2.51. The molecule has 0 aromatic heterocycles. The third-order valence-corrected chi connectivity index (χ3v) is 4.06. The maximum Gasteiger partial charge on any atom is 0.214 e. The summed E-state index contributed by atoms with van der Waals surface area (Å²) < 4.78 is 22.4. The molecule has 23 heavy (non-hydrogen) atoms. The van der Waals surface area contributed by atoms with E-state index in [1.54, 1.807) is 0 Å². The molecule has 2 saturated heterocycles. The van der Waals surface area contributed by atoms with Gasteiger partial charge in [0, 0.05) is 13.5 Å². The normalized spacial score (nSPS) is 36.8. The molecular formula is C15H20N3O5+. The highest BCUT2D eigenvalue weighted by atomic mass is 16.7. The number of aliphatic hydroxyl groups is 1. The Morgan fingerprint density at radius 2 is 2.13 bits per heavy atom. The Morgan fingerprint density at radius 3 is 2.83 bits per heavy atom. The first-order valence-electron chi connectivity index (χ1n) is 7.47. The van der Waals surface area contributed by atoms with Crippen molar-refractivity contribution in [3.05, 3.63) is 35.9 Å². The fourth-order valence-electron chi connectivity index (χ4n) is 2.92. The van der Waals surface area contributed by atoms with Crippen molar-refractivity contribution in [2.75, 3.05) is 13.7 Å². The Labute approximate surface area is 133 Å². The zero-order chi connectivity index (χ0) is 16.2. The number of benzene rings is 1. The molecule has 2 aliphatic heterocycles. The average Bonchev–Trinajstić information content (AvgIpc) is 2.58. The predicted octanol–water partition coefficient (Wildman–Crippen LogP) is 0.622. The van der Waals surface area contributed by atoms with Gasteiger partial charge in [-0.25, -0.2) is 0 Å². The van der Waals surface area contributed by atoms with Crippen LogP contribution in [0, 0.1) is 5.53 Å². The molecule has 1 aromatic rings. The van der Waals surface area contributed by atoms with Crippen LogP contribution < -0.4 is 4.91 Å². The first-order valence-corrected chi connectivity index (χ1v) is 7.47. The van der Waals surface area contributed by atoms with Gasteiger partial charge in [-0.3, -0.25) is 0 Å². The lowest BCUT2D eigenvalue weighted by molar-refractivity contribution is -0.335. The van der Waals surface area contributed by atoms with E-state index in [1.165, 1.54) is 7.11 Å². The average molecular weight is 322 g/mol. The fourth-order valence-corrected chi connectivity index (χ4v) is 2.92. The maximum atomic E-state index is 10.5. The zero-order valence-corrected chi connectivity index (χ0v) is 12.7. The van der Waals surface area contributed by atoms with Crippen LogP contribution >= 0.6 is 0 Å². The third-order valence-electron chi connectivity index (χ3n) is 4.06. The van der Waals surface area contributed by atoms with Crippen molar-refractivity contribution in [2.45, 2.75) is 43.4 Å². The number of hydrogen-bond acceptors (Lipinski definition) is 7. The number of nitrogens with one attached hydrogen (secondary N) is 1. The van der Waals surface area contributed by atoms with E-state index in [9.17, 15) is 5.11 Å². The van der Waals surface area contributed by atoms with Gasteiger partial charge in [0.25, 0.3) is 0 Å². The van der Waals surface area contributed by atoms with Crippen molar-refractivity contribution in [2.24, 2.45) is 5.11 Å². The molecule has 2 aliphatic rings. The van der Waals surface area contributed by atoms with Crippen LogP contribution in [0.15, 0.2) is 35.4 Å². The Morgan fingerprint density at radius 1 is 1.35 bits per heavy atom. The largest absolute Gasteiger partial charge is 0.388 e. The molecule has 8 nitrogen and oxygen atoms in total. The van der Waals surface area contributed by atoms with Gasteiger partial charge in [0.1, 0.15) is 29.0 Å². The molecule has 8 heteroatoms. The molecule has 2 N–H and O–H groups in total. The van der Waals surface area contributed by atoms with Crippen LogP contribution in [0.25, 0.3) is 0 Å². The van der Waals surface area contributed by atoms with Gasteiger partial charge in [0.15, 0.2) is 12.6 Å². The van der Waals surface area contributed by atoms with Crippen molar-refractivity contribution in [1.82, 2.24) is 4.91 Å². The topological polar surface area (TPSA) is 107 Å². The first kappa shape index (κ1) is 16.2. The van der Waals surface area contributed by atoms with Crippen molar-refractivity contribution >= 4 is 0 Å². The summed E-state index contributed by atoms with van der Waals surface area (Å²) in [7, 11) is 1.45. The van der Waals surface area contributed by atoms with E-state index >= 15 is 0 Å². The summed E-state index contributed by atoms with van der Waals surface area (Å²) in [6.45, 7) is 0.295. The predicted molar refractivity (Wildman–Crippen MR) is 77.5 cm³/mol. The summed E-state index contributed by atoms with van der Waals surface area (Å²) in [6, 6.07) is 9.03. The van der Waals surface area contributed by atoms with Crippen LogP contribution in [-0.4, -0.2) is 55.8 Å². The summed E-state index contributed by atoms with van der Waals surface area (Å²) in [4.78, 5) is 3.00. The number of rotatable bonds is 4. The van der Waals surface area contributed by atoms with Crippen LogP contribution in [-0.2, 0) is 25.4 Å². The standard InChI is InChI=1S/C15H20N3O5/c1-20-15-12(17-18-16)13(19)14-10(22-15)8-21-11(23-14)7-9-5-3-2-4-6-9/h2-6,10-16,19H,7-8H2,1H3/q+1/t10?,11?,12?,13?,14-,15?/m1/s1. The molecular weight excluding hydrogens is 302 g/mol. The zero-order valence-electron chi connectivity index (χ0n) is 12.7. The van der Waals surface area contributed by atoms with Gasteiger partial charge in [-0.05, 0) is 5.56 Å². The molecule has 0 spiro atoms. The third kappa shape index (κ3) is 3.48. The summed E-state index contributed by atoms with van der Waals surface area (Å²) in [5, 5.41) is 14.2. The molecule has 0 saturated carbocycles. The van der Waals surface area contributed by atoms with E-state index in [-0.39, 0.29) is 0 Å². The molecule has 1 aromatic carbocycles. The lowest BCUT2D eigenvalue weighted by atomic mass is 9.96. The summed E-state index contributed by atoms with van der Waals surface area (Å²) in [5.41, 5.74) is 7.97. The van der Waals surface area contributed by atoms with Crippen LogP contribution in [0.2, 0.25) is 0 Å². The van der Waals surface area contributed by atoms with Crippen LogP contribution in [0.3, 0.4) is 0 Å². The minimum atomic E-state index is -0.977. The molecule has 5 unspecified atom stereocenters. The number of nitrogens with zero attached hydrogens (tertiary/aromatic N) is 2. The van der Waals surface area contributed by atoms with Gasteiger partial charge >= 0.3 is 0 Å².